The molecular weight excluding hydrogens is 202 g/mol. The largest absolute Gasteiger partial charge is 0.397 e. The number of nitriles is 1. The maximum Gasteiger partial charge on any atom is 0.221 e. The number of benzene rings is 1. The molecule has 0 saturated carbocycles. The molecule has 0 aromatic heterocycles. The van der Waals surface area contributed by atoms with Crippen molar-refractivity contribution in [3.05, 3.63) is 22.7 Å². The van der Waals surface area contributed by atoms with E-state index in [1.54, 1.807) is 0 Å². The van der Waals surface area contributed by atoms with Gasteiger partial charge in [-0.3, -0.25) is 4.79 Å². The Hall–Kier alpha value is -1.73. The number of amides is 1. The Morgan fingerprint density at radius 1 is 1.64 bits per heavy atom. The third kappa shape index (κ3) is 2.15. The number of hydrogen-bond acceptors (Lipinski definition) is 3. The number of carbonyl (C=O) groups excluding carboxylic acids is 1. The van der Waals surface area contributed by atoms with Crippen molar-refractivity contribution in [2.45, 2.75) is 6.92 Å². The molecule has 0 atom stereocenters. The summed E-state index contributed by atoms with van der Waals surface area (Å²) in [6, 6.07) is 4.84. The van der Waals surface area contributed by atoms with Crippen LogP contribution in [0.25, 0.3) is 0 Å². The van der Waals surface area contributed by atoms with E-state index >= 15 is 0 Å². The summed E-state index contributed by atoms with van der Waals surface area (Å²) < 4.78 is 0. The van der Waals surface area contributed by atoms with E-state index in [4.69, 9.17) is 22.6 Å². The number of hydrogen-bond donors (Lipinski definition) is 2. The van der Waals surface area contributed by atoms with Gasteiger partial charge in [-0.25, -0.2) is 0 Å². The summed E-state index contributed by atoms with van der Waals surface area (Å²) in [7, 11) is 0. The second-order valence-corrected chi connectivity index (χ2v) is 3.10. The van der Waals surface area contributed by atoms with Crippen LogP contribution < -0.4 is 11.1 Å². The van der Waals surface area contributed by atoms with Gasteiger partial charge in [0.2, 0.25) is 5.91 Å². The Balaban J connectivity index is 3.21. The second kappa shape index (κ2) is 3.99. The number of nitrogens with two attached hydrogens (primary N) is 1. The number of rotatable bonds is 1. The van der Waals surface area contributed by atoms with Gasteiger partial charge in [-0.2, -0.15) is 5.26 Å². The fourth-order valence-corrected chi connectivity index (χ4v) is 1.15. The van der Waals surface area contributed by atoms with Crippen LogP contribution >= 0.6 is 11.6 Å². The van der Waals surface area contributed by atoms with Crippen LogP contribution in [0.3, 0.4) is 0 Å². The molecule has 1 rings (SSSR count). The van der Waals surface area contributed by atoms with Crippen LogP contribution in [0.15, 0.2) is 12.1 Å². The summed E-state index contributed by atoms with van der Waals surface area (Å²) in [5, 5.41) is 11.4. The van der Waals surface area contributed by atoms with E-state index in [2.05, 4.69) is 5.32 Å². The molecule has 1 aromatic rings. The van der Waals surface area contributed by atoms with E-state index in [0.717, 1.165) is 0 Å². The first kappa shape index (κ1) is 10.4. The topological polar surface area (TPSA) is 78.9 Å². The molecule has 0 radical (unpaired) electrons. The van der Waals surface area contributed by atoms with Crippen molar-refractivity contribution >= 4 is 28.9 Å². The molecule has 0 unspecified atom stereocenters. The van der Waals surface area contributed by atoms with Crippen molar-refractivity contribution < 1.29 is 4.79 Å². The van der Waals surface area contributed by atoms with Gasteiger partial charge in [0, 0.05) is 6.92 Å². The normalized spacial score (nSPS) is 9.21. The smallest absolute Gasteiger partial charge is 0.221 e. The minimum absolute atomic E-state index is 0.249. The number of nitrogen functional groups attached to an aromatic ring is 1. The highest BCUT2D eigenvalue weighted by atomic mass is 35.5. The van der Waals surface area contributed by atoms with Crippen molar-refractivity contribution in [3.63, 3.8) is 0 Å². The van der Waals surface area contributed by atoms with Gasteiger partial charge in [0.05, 0.1) is 28.0 Å². The lowest BCUT2D eigenvalue weighted by molar-refractivity contribution is -0.114. The molecule has 1 aromatic carbocycles. The molecule has 0 fully saturated rings. The predicted molar refractivity (Wildman–Crippen MR) is 54.9 cm³/mol. The average Bonchev–Trinajstić information content (AvgIpc) is 2.11. The van der Waals surface area contributed by atoms with Crippen LogP contribution in [0.5, 0.6) is 0 Å². The van der Waals surface area contributed by atoms with Gasteiger partial charge < -0.3 is 11.1 Å². The monoisotopic (exact) mass is 209 g/mol. The zero-order valence-corrected chi connectivity index (χ0v) is 8.22. The third-order valence-corrected chi connectivity index (χ3v) is 1.96. The lowest BCUT2D eigenvalue weighted by Gasteiger charge is -2.07. The lowest BCUT2D eigenvalue weighted by Crippen LogP contribution is -2.07. The van der Waals surface area contributed by atoms with Crippen molar-refractivity contribution in [1.82, 2.24) is 0 Å². The summed E-state index contributed by atoms with van der Waals surface area (Å²) in [4.78, 5) is 10.8. The SMILES string of the molecule is CC(=O)Nc1cc(C#N)cc(N)c1Cl. The Bertz CT molecular complexity index is 423. The molecule has 14 heavy (non-hydrogen) atoms. The van der Waals surface area contributed by atoms with Gasteiger partial charge in [0.15, 0.2) is 0 Å². The highest BCUT2D eigenvalue weighted by Crippen LogP contribution is 2.29. The van der Waals surface area contributed by atoms with E-state index in [-0.39, 0.29) is 16.6 Å². The molecule has 0 aliphatic heterocycles. The maximum absolute atomic E-state index is 10.8. The van der Waals surface area contributed by atoms with E-state index in [1.807, 2.05) is 6.07 Å². The minimum Gasteiger partial charge on any atom is -0.397 e. The Morgan fingerprint density at radius 3 is 2.79 bits per heavy atom. The number of halogens is 1. The fraction of sp³-hybridized carbons (Fsp3) is 0.111. The van der Waals surface area contributed by atoms with Crippen LogP contribution in [-0.4, -0.2) is 5.91 Å². The summed E-state index contributed by atoms with van der Waals surface area (Å²) in [5.74, 6) is -0.263. The van der Waals surface area contributed by atoms with Gasteiger partial charge in [-0.15, -0.1) is 0 Å². The molecule has 0 saturated heterocycles. The predicted octanol–water partition coefficient (Wildman–Crippen LogP) is 1.75. The number of nitrogens with zero attached hydrogens (tertiary/aromatic N) is 1. The Labute approximate surface area is 86.3 Å². The molecular formula is C9H8ClN3O. The van der Waals surface area contributed by atoms with Crippen molar-refractivity contribution in [2.75, 3.05) is 11.1 Å². The lowest BCUT2D eigenvalue weighted by atomic mass is 10.2. The summed E-state index contributed by atoms with van der Waals surface area (Å²) in [6.07, 6.45) is 0. The van der Waals surface area contributed by atoms with Crippen LogP contribution in [-0.2, 0) is 4.79 Å². The molecule has 72 valence electrons. The molecule has 4 nitrogen and oxygen atoms in total. The van der Waals surface area contributed by atoms with Gasteiger partial charge in [-0.05, 0) is 12.1 Å². The first-order valence-corrected chi connectivity index (χ1v) is 4.19. The first-order valence-electron chi connectivity index (χ1n) is 3.81. The molecule has 1 amide bonds. The zero-order valence-electron chi connectivity index (χ0n) is 7.47. The summed E-state index contributed by atoms with van der Waals surface area (Å²) in [6.45, 7) is 1.35. The zero-order chi connectivity index (χ0) is 10.7. The summed E-state index contributed by atoms with van der Waals surface area (Å²) >= 11 is 5.82. The van der Waals surface area contributed by atoms with Gasteiger partial charge in [0.1, 0.15) is 0 Å². The maximum atomic E-state index is 10.8. The first-order chi connectivity index (χ1) is 6.54. The van der Waals surface area contributed by atoms with Crippen molar-refractivity contribution in [1.29, 1.82) is 5.26 Å². The van der Waals surface area contributed by atoms with E-state index in [0.29, 0.717) is 11.3 Å². The molecule has 5 heteroatoms. The van der Waals surface area contributed by atoms with Crippen LogP contribution in [0.2, 0.25) is 5.02 Å². The third-order valence-electron chi connectivity index (χ3n) is 1.54. The quantitative estimate of drug-likeness (QED) is 0.692. The molecule has 0 aliphatic rings. The van der Waals surface area contributed by atoms with E-state index in [9.17, 15) is 4.79 Å². The Kier molecular flexibility index (Phi) is 2.95. The highest BCUT2D eigenvalue weighted by Gasteiger charge is 2.07. The molecule has 0 bridgehead atoms. The highest BCUT2D eigenvalue weighted by molar-refractivity contribution is 6.36. The van der Waals surface area contributed by atoms with Crippen molar-refractivity contribution in [3.8, 4) is 6.07 Å². The molecule has 0 aliphatic carbocycles. The molecule has 0 spiro atoms. The minimum atomic E-state index is -0.263. The fourth-order valence-electron chi connectivity index (χ4n) is 0.992. The second-order valence-electron chi connectivity index (χ2n) is 2.72. The van der Waals surface area contributed by atoms with Crippen molar-refractivity contribution in [2.24, 2.45) is 0 Å². The van der Waals surface area contributed by atoms with Crippen LogP contribution in [0, 0.1) is 11.3 Å². The van der Waals surface area contributed by atoms with E-state index < -0.39 is 0 Å². The number of carbonyl (C=O) groups is 1. The van der Waals surface area contributed by atoms with Gasteiger partial charge in [0.25, 0.3) is 0 Å². The van der Waals surface area contributed by atoms with Crippen LogP contribution in [0.4, 0.5) is 11.4 Å². The standard InChI is InChI=1S/C9H8ClN3O/c1-5(14)13-8-3-6(4-11)2-7(12)9(8)10/h2-3H,12H2,1H3,(H,13,14). The van der Waals surface area contributed by atoms with Gasteiger partial charge >= 0.3 is 0 Å². The van der Waals surface area contributed by atoms with Crippen LogP contribution in [0.1, 0.15) is 12.5 Å². The number of nitrogens with one attached hydrogen (secondary N) is 1. The number of anilines is 2. The molecule has 0 heterocycles. The Morgan fingerprint density at radius 2 is 2.29 bits per heavy atom. The van der Waals surface area contributed by atoms with E-state index in [1.165, 1.54) is 19.1 Å². The average molecular weight is 210 g/mol. The molecule has 3 N–H and O–H groups in total. The van der Waals surface area contributed by atoms with Gasteiger partial charge in [-0.1, -0.05) is 11.6 Å². The summed E-state index contributed by atoms with van der Waals surface area (Å²) in [5.41, 5.74) is 6.53.